The summed E-state index contributed by atoms with van der Waals surface area (Å²) >= 11 is 0. The Kier molecular flexibility index (Phi) is 3.17. The Morgan fingerprint density at radius 1 is 1.58 bits per heavy atom. The van der Waals surface area contributed by atoms with Crippen LogP contribution in [0.15, 0.2) is 11.1 Å². The van der Waals surface area contributed by atoms with Gasteiger partial charge in [0.1, 0.15) is 12.2 Å². The minimum absolute atomic E-state index is 0.0109. The molecule has 0 aromatic carbocycles. The maximum Gasteiger partial charge on any atom is 0.328 e. The molecule has 24 heavy (non-hydrogen) atoms. The van der Waals surface area contributed by atoms with Crippen LogP contribution in [0.5, 0.6) is 0 Å². The Morgan fingerprint density at radius 2 is 2.33 bits per heavy atom. The lowest BCUT2D eigenvalue weighted by Gasteiger charge is -2.33. The van der Waals surface area contributed by atoms with Crippen molar-refractivity contribution in [1.82, 2.24) is 19.5 Å². The van der Waals surface area contributed by atoms with Crippen LogP contribution in [0.1, 0.15) is 13.2 Å². The molecule has 10 nitrogen and oxygen atoms in total. The molecule has 12 heteroatoms. The lowest BCUT2D eigenvalue weighted by molar-refractivity contribution is -0.0594. The monoisotopic (exact) mass is 359 g/mol. The number of ether oxygens (including phenoxy) is 1. The second kappa shape index (κ2) is 4.85. The molecule has 4 rings (SSSR count). The number of H-pyrrole nitrogens is 1. The molecule has 2 aliphatic heterocycles. The molecule has 130 valence electrons. The highest BCUT2D eigenvalue weighted by atomic mass is 31.2. The Labute approximate surface area is 134 Å². The molecule has 2 aromatic rings. The Morgan fingerprint density at radius 3 is 3.08 bits per heavy atom. The van der Waals surface area contributed by atoms with E-state index in [0.29, 0.717) is 0 Å². The van der Waals surface area contributed by atoms with Crippen molar-refractivity contribution < 1.29 is 22.7 Å². The van der Waals surface area contributed by atoms with Gasteiger partial charge in [0.15, 0.2) is 23.1 Å². The number of aromatic nitrogens is 4. The first-order chi connectivity index (χ1) is 11.2. The molecule has 0 aliphatic carbocycles. The predicted molar refractivity (Wildman–Crippen MR) is 80.3 cm³/mol. The summed E-state index contributed by atoms with van der Waals surface area (Å²) in [5, 5.41) is 0. The molecule has 2 fully saturated rings. The highest BCUT2D eigenvalue weighted by molar-refractivity contribution is 7.53. The van der Waals surface area contributed by atoms with Gasteiger partial charge < -0.3 is 15.0 Å². The summed E-state index contributed by atoms with van der Waals surface area (Å²) in [6.45, 7) is 2.49. The molecule has 0 bridgehead atoms. The largest absolute Gasteiger partial charge is 0.369 e. The number of nitrogens with two attached hydrogens (primary N) is 1. The lowest BCUT2D eigenvalue weighted by Crippen LogP contribution is -2.44. The zero-order valence-electron chi connectivity index (χ0n) is 12.8. The standard InChI is InChI=1S/C12H15FN5O5P/c1-12(13)7-5(3-21-24(2,20)23-7)22-10(12)18-4-15-6-8(18)16-11(14)17-9(6)19/h4-5,7,10H,3H2,1-2H3,(H3,14,16,17,19)/t5-,7-,10-,12-,24?/m1/s1. The summed E-state index contributed by atoms with van der Waals surface area (Å²) in [7, 11) is -3.34. The average molecular weight is 359 g/mol. The fraction of sp³-hybridized carbons (Fsp3) is 0.583. The Bertz CT molecular complexity index is 926. The predicted octanol–water partition coefficient (Wildman–Crippen LogP) is 0.566. The normalized spacial score (nSPS) is 39.2. The molecule has 2 aromatic heterocycles. The summed E-state index contributed by atoms with van der Waals surface area (Å²) in [5.74, 6) is -0.122. The zero-order valence-corrected chi connectivity index (χ0v) is 13.7. The minimum Gasteiger partial charge on any atom is -0.369 e. The third-order valence-corrected chi connectivity index (χ3v) is 5.39. The van der Waals surface area contributed by atoms with Crippen molar-refractivity contribution in [1.29, 1.82) is 0 Å². The first-order valence-electron chi connectivity index (χ1n) is 7.16. The number of imidazole rings is 1. The topological polar surface area (TPSA) is 134 Å². The van der Waals surface area contributed by atoms with Crippen LogP contribution in [0, 0.1) is 0 Å². The quantitative estimate of drug-likeness (QED) is 0.706. The summed E-state index contributed by atoms with van der Waals surface area (Å²) in [6.07, 6.45) is -1.76. The molecule has 5 atom stereocenters. The van der Waals surface area contributed by atoms with E-state index in [4.69, 9.17) is 19.5 Å². The van der Waals surface area contributed by atoms with Gasteiger partial charge in [0, 0.05) is 6.66 Å². The van der Waals surface area contributed by atoms with E-state index in [1.807, 2.05) is 0 Å². The second-order valence-corrected chi connectivity index (χ2v) is 8.06. The summed E-state index contributed by atoms with van der Waals surface area (Å²) in [5.41, 5.74) is 3.06. The number of nitrogens with one attached hydrogen (secondary N) is 1. The van der Waals surface area contributed by atoms with Gasteiger partial charge in [0.2, 0.25) is 5.95 Å². The molecular formula is C12H15FN5O5P. The van der Waals surface area contributed by atoms with Crippen molar-refractivity contribution in [3.63, 3.8) is 0 Å². The molecule has 0 amide bonds. The summed E-state index contributed by atoms with van der Waals surface area (Å²) < 4.78 is 44.8. The van der Waals surface area contributed by atoms with Gasteiger partial charge in [-0.05, 0) is 6.92 Å². The minimum atomic E-state index is -3.34. The van der Waals surface area contributed by atoms with E-state index in [1.54, 1.807) is 0 Å². The first-order valence-corrected chi connectivity index (χ1v) is 9.15. The zero-order chi connectivity index (χ0) is 17.3. The highest BCUT2D eigenvalue weighted by Gasteiger charge is 2.60. The van der Waals surface area contributed by atoms with Gasteiger partial charge in [-0.25, -0.2) is 9.37 Å². The van der Waals surface area contributed by atoms with E-state index in [1.165, 1.54) is 24.5 Å². The molecule has 3 N–H and O–H groups in total. The van der Waals surface area contributed by atoms with E-state index in [2.05, 4.69) is 15.0 Å². The third-order valence-electron chi connectivity index (χ3n) is 4.16. The maximum absolute atomic E-state index is 15.4. The number of rotatable bonds is 1. The number of nitrogen functional groups attached to an aromatic ring is 1. The average Bonchev–Trinajstić information content (AvgIpc) is 2.98. The fourth-order valence-corrected chi connectivity index (χ4v) is 4.30. The van der Waals surface area contributed by atoms with Gasteiger partial charge in [-0.1, -0.05) is 0 Å². The number of aromatic amines is 1. The lowest BCUT2D eigenvalue weighted by atomic mass is 9.98. The van der Waals surface area contributed by atoms with Crippen molar-refractivity contribution in [3.05, 3.63) is 16.7 Å². The van der Waals surface area contributed by atoms with E-state index in [0.717, 1.165) is 0 Å². The Balaban J connectivity index is 1.81. The Hall–Kier alpha value is -1.81. The number of hydrogen-bond acceptors (Lipinski definition) is 8. The third kappa shape index (κ3) is 2.20. The number of anilines is 1. The van der Waals surface area contributed by atoms with Crippen LogP contribution < -0.4 is 11.3 Å². The van der Waals surface area contributed by atoms with Gasteiger partial charge in [0.25, 0.3) is 5.56 Å². The van der Waals surface area contributed by atoms with Gasteiger partial charge in [-0.3, -0.25) is 23.4 Å². The first kappa shape index (κ1) is 15.7. The van der Waals surface area contributed by atoms with Crippen LogP contribution in [-0.4, -0.2) is 50.7 Å². The molecule has 0 spiro atoms. The SMILES string of the molecule is C[C@@]1(F)[C@@H]2OP(C)(=O)OC[C@H]2O[C@H]1n1cnc2c(=O)[nH]c(N)nc21. The molecule has 2 aliphatic rings. The molecular weight excluding hydrogens is 344 g/mol. The maximum atomic E-state index is 15.4. The van der Waals surface area contributed by atoms with E-state index < -0.39 is 37.3 Å². The van der Waals surface area contributed by atoms with Crippen LogP contribution in [-0.2, 0) is 18.3 Å². The number of halogens is 1. The molecule has 2 saturated heterocycles. The van der Waals surface area contributed by atoms with Crippen LogP contribution in [0.3, 0.4) is 0 Å². The van der Waals surface area contributed by atoms with Gasteiger partial charge in [-0.2, -0.15) is 4.98 Å². The van der Waals surface area contributed by atoms with Crippen LogP contribution in [0.2, 0.25) is 0 Å². The van der Waals surface area contributed by atoms with Crippen LogP contribution in [0.25, 0.3) is 11.2 Å². The molecule has 0 saturated carbocycles. The summed E-state index contributed by atoms with van der Waals surface area (Å²) in [4.78, 5) is 22.1. The molecule has 1 unspecified atom stereocenters. The van der Waals surface area contributed by atoms with Gasteiger partial charge >= 0.3 is 7.60 Å². The van der Waals surface area contributed by atoms with Crippen molar-refractivity contribution in [2.45, 2.75) is 31.0 Å². The van der Waals surface area contributed by atoms with E-state index in [9.17, 15) is 9.36 Å². The summed E-state index contributed by atoms with van der Waals surface area (Å²) in [6, 6.07) is 0. The molecule has 4 heterocycles. The van der Waals surface area contributed by atoms with Gasteiger partial charge in [0.05, 0.1) is 12.9 Å². The van der Waals surface area contributed by atoms with E-state index >= 15 is 4.39 Å². The highest BCUT2D eigenvalue weighted by Crippen LogP contribution is 2.56. The van der Waals surface area contributed by atoms with Crippen molar-refractivity contribution in [2.75, 3.05) is 19.0 Å². The van der Waals surface area contributed by atoms with E-state index in [-0.39, 0.29) is 23.7 Å². The molecule has 0 radical (unpaired) electrons. The number of alkyl halides is 1. The van der Waals surface area contributed by atoms with Crippen LogP contribution in [0.4, 0.5) is 10.3 Å². The number of nitrogens with zero attached hydrogens (tertiary/aromatic N) is 3. The number of fused-ring (bicyclic) bond motifs is 2. The smallest absolute Gasteiger partial charge is 0.328 e. The number of hydrogen-bond donors (Lipinski definition) is 2. The van der Waals surface area contributed by atoms with Crippen molar-refractivity contribution >= 4 is 24.7 Å². The second-order valence-electron chi connectivity index (χ2n) is 6.05. The van der Waals surface area contributed by atoms with Gasteiger partial charge in [-0.15, -0.1) is 0 Å². The van der Waals surface area contributed by atoms with Crippen molar-refractivity contribution in [3.8, 4) is 0 Å². The van der Waals surface area contributed by atoms with Crippen molar-refractivity contribution in [2.24, 2.45) is 0 Å². The fourth-order valence-electron chi connectivity index (χ4n) is 3.07. The van der Waals surface area contributed by atoms with Crippen LogP contribution >= 0.6 is 7.60 Å².